The van der Waals surface area contributed by atoms with E-state index in [0.29, 0.717) is 6.54 Å². The van der Waals surface area contributed by atoms with Crippen molar-refractivity contribution in [1.29, 1.82) is 5.41 Å². The Bertz CT molecular complexity index is 1100. The topological polar surface area (TPSA) is 143 Å². The van der Waals surface area contributed by atoms with Gasteiger partial charge in [0.2, 0.25) is 0 Å². The average Bonchev–Trinajstić information content (AvgIpc) is 2.70. The van der Waals surface area contributed by atoms with Gasteiger partial charge < -0.3 is 16.8 Å². The zero-order valence-electron chi connectivity index (χ0n) is 16.6. The van der Waals surface area contributed by atoms with Crippen LogP contribution in [0.15, 0.2) is 36.4 Å². The fraction of sp³-hybridized carbons (Fsp3) is 0.238. The van der Waals surface area contributed by atoms with E-state index in [1.54, 1.807) is 0 Å². The Hall–Kier alpha value is -3.39. The SMILES string of the molecule is Cc1ccc2cc(CCCCNC(=N)NC(=O)c3nc(Cl)c(N)nc3N)ccc2c1. The van der Waals surface area contributed by atoms with Crippen molar-refractivity contribution in [3.05, 3.63) is 58.4 Å². The summed E-state index contributed by atoms with van der Waals surface area (Å²) < 4.78 is 0. The molecular weight excluding hydrogens is 402 g/mol. The maximum atomic E-state index is 12.2. The quantitative estimate of drug-likeness (QED) is 0.233. The first kappa shape index (κ1) is 21.3. The van der Waals surface area contributed by atoms with Gasteiger partial charge in [0, 0.05) is 6.54 Å². The van der Waals surface area contributed by atoms with Gasteiger partial charge in [0.1, 0.15) is 0 Å². The van der Waals surface area contributed by atoms with Gasteiger partial charge in [-0.05, 0) is 42.5 Å². The number of unbranched alkanes of at least 4 members (excludes halogenated alkanes) is 1. The van der Waals surface area contributed by atoms with E-state index < -0.39 is 5.91 Å². The summed E-state index contributed by atoms with van der Waals surface area (Å²) in [6.07, 6.45) is 2.75. The lowest BCUT2D eigenvalue weighted by molar-refractivity contribution is 0.0971. The highest BCUT2D eigenvalue weighted by molar-refractivity contribution is 6.31. The number of aromatic nitrogens is 2. The number of aryl methyl sites for hydroxylation is 2. The van der Waals surface area contributed by atoms with Crippen LogP contribution >= 0.6 is 11.6 Å². The van der Waals surface area contributed by atoms with Gasteiger partial charge in [-0.2, -0.15) is 0 Å². The third kappa shape index (κ3) is 5.36. The van der Waals surface area contributed by atoms with Gasteiger partial charge in [0.15, 0.2) is 28.4 Å². The number of nitrogen functional groups attached to an aromatic ring is 2. The summed E-state index contributed by atoms with van der Waals surface area (Å²) in [4.78, 5) is 19.7. The lowest BCUT2D eigenvalue weighted by Gasteiger charge is -2.10. The Morgan fingerprint density at radius 2 is 1.80 bits per heavy atom. The number of carbonyl (C=O) groups excluding carboxylic acids is 1. The largest absolute Gasteiger partial charge is 0.382 e. The van der Waals surface area contributed by atoms with Gasteiger partial charge in [0.05, 0.1) is 0 Å². The highest BCUT2D eigenvalue weighted by Gasteiger charge is 2.16. The van der Waals surface area contributed by atoms with Crippen LogP contribution < -0.4 is 22.1 Å². The molecule has 0 aliphatic heterocycles. The van der Waals surface area contributed by atoms with E-state index >= 15 is 0 Å². The summed E-state index contributed by atoms with van der Waals surface area (Å²) >= 11 is 5.77. The van der Waals surface area contributed by atoms with E-state index in [2.05, 4.69) is 63.9 Å². The number of hydrogen-bond acceptors (Lipinski definition) is 6. The van der Waals surface area contributed by atoms with Gasteiger partial charge in [-0.15, -0.1) is 0 Å². The van der Waals surface area contributed by atoms with Crippen molar-refractivity contribution >= 4 is 45.9 Å². The fourth-order valence-electron chi connectivity index (χ4n) is 3.06. The van der Waals surface area contributed by atoms with E-state index in [0.717, 1.165) is 19.3 Å². The van der Waals surface area contributed by atoms with Crippen LogP contribution in [0, 0.1) is 12.3 Å². The maximum absolute atomic E-state index is 12.2. The molecule has 1 amide bonds. The van der Waals surface area contributed by atoms with Crippen molar-refractivity contribution in [2.24, 2.45) is 0 Å². The molecule has 7 N–H and O–H groups in total. The minimum absolute atomic E-state index is 0.0551. The van der Waals surface area contributed by atoms with Gasteiger partial charge in [-0.3, -0.25) is 15.5 Å². The molecule has 0 saturated heterocycles. The first-order valence-corrected chi connectivity index (χ1v) is 9.93. The molecule has 30 heavy (non-hydrogen) atoms. The molecule has 1 heterocycles. The number of nitrogens with zero attached hydrogens (tertiary/aromatic N) is 2. The monoisotopic (exact) mass is 425 g/mol. The minimum atomic E-state index is -0.675. The van der Waals surface area contributed by atoms with Crippen molar-refractivity contribution in [1.82, 2.24) is 20.6 Å². The number of nitrogens with one attached hydrogen (secondary N) is 3. The summed E-state index contributed by atoms with van der Waals surface area (Å²) in [6, 6.07) is 13.0. The standard InChI is InChI=1S/C21H24ClN7O/c1-12-5-7-15-11-13(6-8-14(15)10-12)4-2-3-9-26-21(25)29-20(30)16-18(23)28-19(24)17(22)27-16/h5-8,10-11H,2-4,9H2,1H3,(H4,23,24,28)(H3,25,26,29,30). The number of carbonyl (C=O) groups is 1. The molecule has 1 aromatic heterocycles. The van der Waals surface area contributed by atoms with E-state index in [-0.39, 0.29) is 28.4 Å². The molecule has 156 valence electrons. The van der Waals surface area contributed by atoms with Crippen LogP contribution in [0.25, 0.3) is 10.8 Å². The lowest BCUT2D eigenvalue weighted by atomic mass is 10.0. The molecule has 8 nitrogen and oxygen atoms in total. The normalized spacial score (nSPS) is 10.7. The van der Waals surface area contributed by atoms with Crippen molar-refractivity contribution in [3.8, 4) is 0 Å². The second-order valence-corrected chi connectivity index (χ2v) is 7.39. The van der Waals surface area contributed by atoms with Gasteiger partial charge in [-0.1, -0.05) is 53.6 Å². The van der Waals surface area contributed by atoms with Gasteiger partial charge in [0.25, 0.3) is 5.91 Å². The number of nitrogens with two attached hydrogens (primary N) is 2. The third-order valence-electron chi connectivity index (χ3n) is 4.61. The Labute approximate surface area is 179 Å². The van der Waals surface area contributed by atoms with Crippen LogP contribution in [-0.2, 0) is 6.42 Å². The number of halogens is 1. The van der Waals surface area contributed by atoms with Crippen molar-refractivity contribution in [2.45, 2.75) is 26.2 Å². The van der Waals surface area contributed by atoms with E-state index in [1.165, 1.54) is 21.9 Å². The first-order valence-electron chi connectivity index (χ1n) is 9.55. The molecule has 0 unspecified atom stereocenters. The molecule has 0 atom stereocenters. The molecule has 0 radical (unpaired) electrons. The van der Waals surface area contributed by atoms with E-state index in [9.17, 15) is 4.79 Å². The second-order valence-electron chi connectivity index (χ2n) is 7.03. The average molecular weight is 426 g/mol. The molecule has 0 aliphatic rings. The van der Waals surface area contributed by atoms with Gasteiger partial charge in [-0.25, -0.2) is 9.97 Å². The van der Waals surface area contributed by atoms with Crippen LogP contribution in [0.5, 0.6) is 0 Å². The maximum Gasteiger partial charge on any atom is 0.280 e. The number of hydrogen-bond donors (Lipinski definition) is 5. The predicted molar refractivity (Wildman–Crippen MR) is 121 cm³/mol. The molecule has 0 bridgehead atoms. The summed E-state index contributed by atoms with van der Waals surface area (Å²) in [5.74, 6) is -1.02. The zero-order valence-corrected chi connectivity index (χ0v) is 17.4. The molecule has 2 aromatic carbocycles. The highest BCUT2D eigenvalue weighted by atomic mass is 35.5. The molecule has 3 rings (SSSR count). The Morgan fingerprint density at radius 1 is 1.07 bits per heavy atom. The smallest absolute Gasteiger partial charge is 0.280 e. The number of rotatable bonds is 6. The van der Waals surface area contributed by atoms with Crippen LogP contribution in [0.2, 0.25) is 5.15 Å². The van der Waals surface area contributed by atoms with Crippen LogP contribution in [0.3, 0.4) is 0 Å². The van der Waals surface area contributed by atoms with Crippen molar-refractivity contribution < 1.29 is 4.79 Å². The lowest BCUT2D eigenvalue weighted by Crippen LogP contribution is -2.41. The summed E-state index contributed by atoms with van der Waals surface area (Å²) in [7, 11) is 0. The van der Waals surface area contributed by atoms with Crippen LogP contribution in [0.4, 0.5) is 11.6 Å². The molecule has 0 fully saturated rings. The number of benzene rings is 2. The summed E-state index contributed by atoms with van der Waals surface area (Å²) in [5, 5.41) is 15.5. The highest BCUT2D eigenvalue weighted by Crippen LogP contribution is 2.19. The van der Waals surface area contributed by atoms with Crippen molar-refractivity contribution in [2.75, 3.05) is 18.0 Å². The predicted octanol–water partition coefficient (Wildman–Crippen LogP) is 3.03. The van der Waals surface area contributed by atoms with Gasteiger partial charge >= 0.3 is 0 Å². The zero-order chi connectivity index (χ0) is 21.7. The fourth-order valence-corrected chi connectivity index (χ4v) is 3.19. The molecule has 0 saturated carbocycles. The summed E-state index contributed by atoms with van der Waals surface area (Å²) in [5.41, 5.74) is 13.5. The number of anilines is 2. The number of fused-ring (bicyclic) bond motifs is 1. The summed E-state index contributed by atoms with van der Waals surface area (Å²) in [6.45, 7) is 2.64. The molecular formula is C21H24ClN7O. The molecule has 3 aromatic rings. The van der Waals surface area contributed by atoms with Crippen molar-refractivity contribution in [3.63, 3.8) is 0 Å². The number of amides is 1. The Balaban J connectivity index is 1.42. The van der Waals surface area contributed by atoms with Crippen LogP contribution in [-0.4, -0.2) is 28.4 Å². The van der Waals surface area contributed by atoms with Crippen LogP contribution in [0.1, 0.15) is 34.5 Å². The molecule has 0 spiro atoms. The first-order chi connectivity index (χ1) is 14.3. The molecule has 9 heteroatoms. The van der Waals surface area contributed by atoms with E-state index in [1.807, 2.05) is 0 Å². The Morgan fingerprint density at radius 3 is 2.60 bits per heavy atom. The minimum Gasteiger partial charge on any atom is -0.382 e. The van der Waals surface area contributed by atoms with E-state index in [4.69, 9.17) is 28.5 Å². The second kappa shape index (κ2) is 9.41. The third-order valence-corrected chi connectivity index (χ3v) is 4.89. The molecule has 0 aliphatic carbocycles. The Kier molecular flexibility index (Phi) is 6.68. The number of guanidine groups is 1.